The molecule has 0 spiro atoms. The van der Waals surface area contributed by atoms with Crippen LogP contribution in [0.2, 0.25) is 0 Å². The molecule has 0 aromatic heterocycles. The summed E-state index contributed by atoms with van der Waals surface area (Å²) in [5.74, 6) is 0. The number of benzene rings is 1. The summed E-state index contributed by atoms with van der Waals surface area (Å²) in [6.07, 6.45) is 2.28. The Hall–Kier alpha value is -0.578. The molecular formula is C14H21NRe. The van der Waals surface area contributed by atoms with E-state index in [2.05, 4.69) is 50.1 Å². The maximum absolute atomic E-state index is 2.30. The summed E-state index contributed by atoms with van der Waals surface area (Å²) < 4.78 is 0. The number of rotatable bonds is 0. The third-order valence-corrected chi connectivity index (χ3v) is 2.48. The molecule has 0 saturated carbocycles. The molecule has 0 saturated heterocycles. The number of hydrogen-bond acceptors (Lipinski definition) is 1. The number of likely N-dealkylation sites (N-methyl/N-ethyl adjacent to an activating group) is 1. The van der Waals surface area contributed by atoms with Gasteiger partial charge in [0.05, 0.1) is 0 Å². The predicted octanol–water partition coefficient (Wildman–Crippen LogP) is 3.87. The second kappa shape index (κ2) is 6.89. The van der Waals surface area contributed by atoms with Crippen molar-refractivity contribution in [3.63, 3.8) is 0 Å². The van der Waals surface area contributed by atoms with Crippen molar-refractivity contribution in [2.45, 2.75) is 27.7 Å². The molecule has 0 amide bonds. The van der Waals surface area contributed by atoms with Crippen molar-refractivity contribution in [3.8, 4) is 0 Å². The molecule has 0 fully saturated rings. The van der Waals surface area contributed by atoms with Crippen LogP contribution in [-0.2, 0) is 20.4 Å². The molecule has 2 heteroatoms. The van der Waals surface area contributed by atoms with Gasteiger partial charge in [-0.05, 0) is 31.5 Å². The smallest absolute Gasteiger partial charge is 0.0440 e. The van der Waals surface area contributed by atoms with E-state index >= 15 is 0 Å². The predicted molar refractivity (Wildman–Crippen MR) is 69.4 cm³/mol. The number of fused-ring (bicyclic) bond motifs is 1. The second-order valence-electron chi connectivity index (χ2n) is 3.91. The molecular weight excluding hydrogens is 368 g/mol. The van der Waals surface area contributed by atoms with Gasteiger partial charge in [0.1, 0.15) is 0 Å². The monoisotopic (exact) mass is 390 g/mol. The van der Waals surface area contributed by atoms with Crippen LogP contribution in [0.3, 0.4) is 0 Å². The first-order valence-corrected chi connectivity index (χ1v) is 5.66. The second-order valence-corrected chi connectivity index (χ2v) is 3.91. The van der Waals surface area contributed by atoms with Gasteiger partial charge in [-0.1, -0.05) is 37.1 Å². The van der Waals surface area contributed by atoms with Crippen LogP contribution >= 0.6 is 0 Å². The van der Waals surface area contributed by atoms with Gasteiger partial charge >= 0.3 is 0 Å². The average Bonchev–Trinajstić information content (AvgIpc) is 2.19. The van der Waals surface area contributed by atoms with Gasteiger partial charge < -0.3 is 4.90 Å². The van der Waals surface area contributed by atoms with Gasteiger partial charge in [-0.2, -0.15) is 0 Å². The SMILES string of the molecule is CC.CC1=Cc2cc(C)ccc2N(C)C1.[Re]. The van der Waals surface area contributed by atoms with Gasteiger partial charge in [-0.15, -0.1) is 0 Å². The molecule has 1 aliphatic rings. The van der Waals surface area contributed by atoms with Crippen molar-refractivity contribution in [3.05, 3.63) is 34.9 Å². The fourth-order valence-electron chi connectivity index (χ4n) is 1.91. The zero-order valence-electron chi connectivity index (χ0n) is 10.8. The summed E-state index contributed by atoms with van der Waals surface area (Å²) >= 11 is 0. The summed E-state index contributed by atoms with van der Waals surface area (Å²) in [6.45, 7) is 9.37. The molecule has 0 N–H and O–H groups in total. The van der Waals surface area contributed by atoms with E-state index in [1.165, 1.54) is 22.4 Å². The van der Waals surface area contributed by atoms with E-state index in [1.54, 1.807) is 0 Å². The van der Waals surface area contributed by atoms with Gasteiger partial charge in [-0.3, -0.25) is 0 Å². The Morgan fingerprint density at radius 1 is 1.12 bits per heavy atom. The van der Waals surface area contributed by atoms with Crippen LogP contribution in [0.25, 0.3) is 6.08 Å². The summed E-state index contributed by atoms with van der Waals surface area (Å²) in [5.41, 5.74) is 5.46. The van der Waals surface area contributed by atoms with Gasteiger partial charge in [-0.25, -0.2) is 0 Å². The fraction of sp³-hybridized carbons (Fsp3) is 0.429. The molecule has 1 nitrogen and oxygen atoms in total. The summed E-state index contributed by atoms with van der Waals surface area (Å²) in [6, 6.07) is 6.62. The van der Waals surface area contributed by atoms with Gasteiger partial charge in [0.15, 0.2) is 0 Å². The van der Waals surface area contributed by atoms with E-state index in [4.69, 9.17) is 0 Å². The Morgan fingerprint density at radius 3 is 2.38 bits per heavy atom. The Balaban J connectivity index is 0.000000711. The van der Waals surface area contributed by atoms with Crippen molar-refractivity contribution in [2.75, 3.05) is 18.5 Å². The normalized spacial score (nSPS) is 12.8. The Bertz CT molecular complexity index is 369. The van der Waals surface area contributed by atoms with E-state index < -0.39 is 0 Å². The minimum Gasteiger partial charge on any atom is -0.370 e. The van der Waals surface area contributed by atoms with Crippen LogP contribution in [0, 0.1) is 6.92 Å². The van der Waals surface area contributed by atoms with E-state index in [0.717, 1.165) is 6.54 Å². The average molecular weight is 390 g/mol. The topological polar surface area (TPSA) is 3.24 Å². The maximum Gasteiger partial charge on any atom is 0.0440 e. The molecule has 1 radical (unpaired) electrons. The molecule has 1 aromatic carbocycles. The van der Waals surface area contributed by atoms with Crippen molar-refractivity contribution < 1.29 is 20.4 Å². The van der Waals surface area contributed by atoms with Gasteiger partial charge in [0, 0.05) is 39.7 Å². The third-order valence-electron chi connectivity index (χ3n) is 2.48. The minimum atomic E-state index is 0. The molecule has 1 aliphatic heterocycles. The van der Waals surface area contributed by atoms with Crippen LogP contribution in [0.15, 0.2) is 23.8 Å². The first-order chi connectivity index (χ1) is 7.16. The van der Waals surface area contributed by atoms with Crippen molar-refractivity contribution in [1.29, 1.82) is 0 Å². The summed E-state index contributed by atoms with van der Waals surface area (Å²) in [4.78, 5) is 2.30. The van der Waals surface area contributed by atoms with Crippen molar-refractivity contribution in [1.82, 2.24) is 0 Å². The van der Waals surface area contributed by atoms with E-state index in [-0.39, 0.29) is 20.4 Å². The quantitative estimate of drug-likeness (QED) is 0.651. The maximum atomic E-state index is 2.30. The van der Waals surface area contributed by atoms with Crippen molar-refractivity contribution in [2.24, 2.45) is 0 Å². The van der Waals surface area contributed by atoms with Gasteiger partial charge in [0.25, 0.3) is 0 Å². The van der Waals surface area contributed by atoms with Crippen LogP contribution < -0.4 is 4.90 Å². The van der Waals surface area contributed by atoms with E-state index in [9.17, 15) is 0 Å². The summed E-state index contributed by atoms with van der Waals surface area (Å²) in [7, 11) is 2.14. The molecule has 89 valence electrons. The fourth-order valence-corrected chi connectivity index (χ4v) is 1.91. The van der Waals surface area contributed by atoms with Crippen LogP contribution in [-0.4, -0.2) is 13.6 Å². The molecule has 1 aromatic rings. The zero-order valence-corrected chi connectivity index (χ0v) is 13.6. The number of anilines is 1. The molecule has 0 atom stereocenters. The largest absolute Gasteiger partial charge is 0.370 e. The summed E-state index contributed by atoms with van der Waals surface area (Å²) in [5, 5.41) is 0. The zero-order chi connectivity index (χ0) is 11.4. The van der Waals surface area contributed by atoms with Crippen LogP contribution in [0.1, 0.15) is 31.9 Å². The molecule has 0 aliphatic carbocycles. The molecule has 16 heavy (non-hydrogen) atoms. The third kappa shape index (κ3) is 3.47. The molecule has 0 unspecified atom stereocenters. The minimum absolute atomic E-state index is 0. The van der Waals surface area contributed by atoms with E-state index in [0.29, 0.717) is 0 Å². The molecule has 1 heterocycles. The molecule has 0 bridgehead atoms. The Labute approximate surface area is 113 Å². The first-order valence-electron chi connectivity index (χ1n) is 5.66. The number of hydrogen-bond donors (Lipinski definition) is 0. The number of aryl methyl sites for hydroxylation is 1. The van der Waals surface area contributed by atoms with Crippen LogP contribution in [0.4, 0.5) is 5.69 Å². The Kier molecular flexibility index (Phi) is 6.64. The van der Waals surface area contributed by atoms with Crippen molar-refractivity contribution >= 4 is 11.8 Å². The van der Waals surface area contributed by atoms with E-state index in [1.807, 2.05) is 13.8 Å². The first kappa shape index (κ1) is 15.4. The Morgan fingerprint density at radius 2 is 1.75 bits per heavy atom. The standard InChI is InChI=1S/C12H15N.C2H6.Re/c1-9-4-5-12-11(6-9)7-10(2)8-13(12)3;1-2;/h4-7H,8H2,1-3H3;1-2H3;. The molecule has 2 rings (SSSR count). The number of nitrogens with zero attached hydrogens (tertiary/aromatic N) is 1. The van der Waals surface area contributed by atoms with Gasteiger partial charge in [0.2, 0.25) is 0 Å². The van der Waals surface area contributed by atoms with Crippen LogP contribution in [0.5, 0.6) is 0 Å².